The zero-order valence-corrected chi connectivity index (χ0v) is 15.8. The standard InChI is InChI=1S/C17H26N2O7/c1-10(2)16(23)25-8-12(15(21)22)18-14(20)13(19(5,6)7)9-26-17(24)11(3)4/h12-13H,1,3,8-9H2,2,4-7H3,(H-,18,20,21,22)/p+1/t12-,13-/m0/s1. The van der Waals surface area contributed by atoms with Crippen LogP contribution in [0.4, 0.5) is 0 Å². The molecule has 0 saturated carbocycles. The molecule has 146 valence electrons. The number of carbonyl (C=O) groups is 4. The number of nitrogens with zero attached hydrogens (tertiary/aromatic N) is 1. The van der Waals surface area contributed by atoms with Crippen molar-refractivity contribution < 1.29 is 38.2 Å². The van der Waals surface area contributed by atoms with Gasteiger partial charge in [-0.25, -0.2) is 14.4 Å². The minimum atomic E-state index is -1.45. The highest BCUT2D eigenvalue weighted by Gasteiger charge is 2.36. The SMILES string of the molecule is C=C(C)C(=O)OC[C@H](NC(=O)[C@H](COC(=O)C(=C)C)[N+](C)(C)C)C(=O)O. The largest absolute Gasteiger partial charge is 0.480 e. The molecule has 0 radical (unpaired) electrons. The Morgan fingerprint density at radius 1 is 0.962 bits per heavy atom. The maximum atomic E-state index is 12.5. The molecule has 0 aromatic rings. The number of hydrogen-bond acceptors (Lipinski definition) is 6. The Bertz CT molecular complexity index is 605. The van der Waals surface area contributed by atoms with Gasteiger partial charge in [0.1, 0.15) is 6.61 Å². The molecule has 0 aliphatic heterocycles. The first-order valence-corrected chi connectivity index (χ1v) is 7.77. The number of carboxylic acid groups (broad SMARTS) is 1. The molecule has 1 amide bonds. The molecule has 0 unspecified atom stereocenters. The van der Waals surface area contributed by atoms with E-state index in [-0.39, 0.29) is 22.2 Å². The van der Waals surface area contributed by atoms with E-state index in [0.29, 0.717) is 0 Å². The summed E-state index contributed by atoms with van der Waals surface area (Å²) in [7, 11) is 5.07. The van der Waals surface area contributed by atoms with E-state index in [0.717, 1.165) is 0 Å². The summed E-state index contributed by atoms with van der Waals surface area (Å²) in [5.41, 5.74) is 0.289. The zero-order valence-electron chi connectivity index (χ0n) is 15.8. The number of aliphatic carboxylic acids is 1. The van der Waals surface area contributed by atoms with Crippen molar-refractivity contribution in [3.8, 4) is 0 Å². The highest BCUT2D eigenvalue weighted by molar-refractivity contribution is 5.89. The van der Waals surface area contributed by atoms with Crippen LogP contribution in [0.25, 0.3) is 0 Å². The number of esters is 2. The summed E-state index contributed by atoms with van der Waals surface area (Å²) in [6, 6.07) is -2.33. The average molecular weight is 371 g/mol. The van der Waals surface area contributed by atoms with Gasteiger partial charge in [-0.1, -0.05) is 13.2 Å². The van der Waals surface area contributed by atoms with Crippen LogP contribution in [0.1, 0.15) is 13.8 Å². The second-order valence-corrected chi connectivity index (χ2v) is 6.79. The van der Waals surface area contributed by atoms with E-state index in [1.54, 1.807) is 21.1 Å². The van der Waals surface area contributed by atoms with E-state index < -0.39 is 42.5 Å². The van der Waals surface area contributed by atoms with Crippen molar-refractivity contribution >= 4 is 23.8 Å². The predicted molar refractivity (Wildman–Crippen MR) is 92.9 cm³/mol. The number of rotatable bonds is 10. The summed E-state index contributed by atoms with van der Waals surface area (Å²) in [4.78, 5) is 46.8. The van der Waals surface area contributed by atoms with Gasteiger partial charge in [0.05, 0.1) is 21.1 Å². The second-order valence-electron chi connectivity index (χ2n) is 6.79. The van der Waals surface area contributed by atoms with Gasteiger partial charge in [-0.3, -0.25) is 4.79 Å². The molecule has 0 fully saturated rings. The van der Waals surface area contributed by atoms with Crippen LogP contribution < -0.4 is 5.32 Å². The van der Waals surface area contributed by atoms with Gasteiger partial charge in [-0.2, -0.15) is 0 Å². The van der Waals surface area contributed by atoms with Crippen molar-refractivity contribution in [3.63, 3.8) is 0 Å². The molecule has 0 aliphatic rings. The van der Waals surface area contributed by atoms with Crippen LogP contribution in [0, 0.1) is 0 Å². The molecular weight excluding hydrogens is 344 g/mol. The van der Waals surface area contributed by atoms with E-state index in [9.17, 15) is 24.3 Å². The maximum absolute atomic E-state index is 12.5. The highest BCUT2D eigenvalue weighted by Crippen LogP contribution is 2.07. The molecule has 9 nitrogen and oxygen atoms in total. The summed E-state index contributed by atoms with van der Waals surface area (Å²) in [6.45, 7) is 8.91. The fourth-order valence-electron chi connectivity index (χ4n) is 1.65. The number of hydrogen-bond donors (Lipinski definition) is 2. The van der Waals surface area contributed by atoms with Crippen LogP contribution in [-0.2, 0) is 28.7 Å². The van der Waals surface area contributed by atoms with Crippen LogP contribution >= 0.6 is 0 Å². The smallest absolute Gasteiger partial charge is 0.333 e. The first-order valence-electron chi connectivity index (χ1n) is 7.77. The van der Waals surface area contributed by atoms with E-state index >= 15 is 0 Å². The fourth-order valence-corrected chi connectivity index (χ4v) is 1.65. The van der Waals surface area contributed by atoms with Crippen LogP contribution in [0.5, 0.6) is 0 Å². The second kappa shape index (κ2) is 9.71. The number of likely N-dealkylation sites (N-methyl/N-ethyl adjacent to an activating group) is 1. The first-order chi connectivity index (χ1) is 11.8. The number of ether oxygens (including phenoxy) is 2. The summed E-state index contributed by atoms with van der Waals surface area (Å²) in [5.74, 6) is -3.44. The molecule has 0 heterocycles. The van der Waals surface area contributed by atoms with Gasteiger partial charge in [0.25, 0.3) is 5.91 Å². The number of carboxylic acids is 1. The normalized spacial score (nSPS) is 13.1. The van der Waals surface area contributed by atoms with Crippen LogP contribution in [-0.4, -0.2) is 79.8 Å². The van der Waals surface area contributed by atoms with Crippen molar-refractivity contribution in [2.45, 2.75) is 25.9 Å². The number of amides is 1. The van der Waals surface area contributed by atoms with Crippen molar-refractivity contribution in [1.82, 2.24) is 5.32 Å². The third-order valence-corrected chi connectivity index (χ3v) is 3.30. The number of quaternary nitrogens is 1. The third-order valence-electron chi connectivity index (χ3n) is 3.30. The topological polar surface area (TPSA) is 119 Å². The Kier molecular flexibility index (Phi) is 8.71. The Morgan fingerprint density at radius 2 is 1.38 bits per heavy atom. The molecule has 2 atom stereocenters. The molecule has 0 bridgehead atoms. The van der Waals surface area contributed by atoms with Crippen molar-refractivity contribution in [2.24, 2.45) is 0 Å². The van der Waals surface area contributed by atoms with Crippen LogP contribution in [0.3, 0.4) is 0 Å². The molecule has 2 N–H and O–H groups in total. The van der Waals surface area contributed by atoms with Crippen molar-refractivity contribution in [1.29, 1.82) is 0 Å². The zero-order chi connectivity index (χ0) is 20.7. The van der Waals surface area contributed by atoms with E-state index in [1.807, 2.05) is 0 Å². The Labute approximate surface area is 152 Å². The van der Waals surface area contributed by atoms with Gasteiger partial charge >= 0.3 is 17.9 Å². The fraction of sp³-hybridized carbons (Fsp3) is 0.529. The highest BCUT2D eigenvalue weighted by atomic mass is 16.5. The maximum Gasteiger partial charge on any atom is 0.333 e. The molecule has 9 heteroatoms. The quantitative estimate of drug-likeness (QED) is 0.312. The van der Waals surface area contributed by atoms with Gasteiger partial charge in [0.2, 0.25) is 6.04 Å². The lowest BCUT2D eigenvalue weighted by molar-refractivity contribution is -0.886. The molecule has 0 aromatic carbocycles. The molecule has 0 aliphatic carbocycles. The molecular formula is C17H27N2O7+. The molecule has 26 heavy (non-hydrogen) atoms. The van der Waals surface area contributed by atoms with Crippen LogP contribution in [0.2, 0.25) is 0 Å². The lowest BCUT2D eigenvalue weighted by Crippen LogP contribution is -2.59. The molecule has 0 rings (SSSR count). The Morgan fingerprint density at radius 3 is 1.73 bits per heavy atom. The monoisotopic (exact) mass is 371 g/mol. The van der Waals surface area contributed by atoms with E-state index in [4.69, 9.17) is 9.47 Å². The lowest BCUT2D eigenvalue weighted by atomic mass is 10.2. The molecule has 0 saturated heterocycles. The van der Waals surface area contributed by atoms with Gasteiger partial charge < -0.3 is 24.4 Å². The summed E-state index contributed by atoms with van der Waals surface area (Å²) >= 11 is 0. The molecule has 0 spiro atoms. The van der Waals surface area contributed by atoms with Crippen LogP contribution in [0.15, 0.2) is 24.3 Å². The average Bonchev–Trinajstić information content (AvgIpc) is 2.48. The summed E-state index contributed by atoms with van der Waals surface area (Å²) < 4.78 is 9.89. The Hall–Kier alpha value is -2.68. The van der Waals surface area contributed by atoms with Gasteiger partial charge in [0.15, 0.2) is 12.6 Å². The van der Waals surface area contributed by atoms with Gasteiger partial charge in [-0.15, -0.1) is 0 Å². The number of carbonyl (C=O) groups excluding carboxylic acids is 3. The van der Waals surface area contributed by atoms with Crippen molar-refractivity contribution in [3.05, 3.63) is 24.3 Å². The van der Waals surface area contributed by atoms with E-state index in [2.05, 4.69) is 18.5 Å². The van der Waals surface area contributed by atoms with Crippen molar-refractivity contribution in [2.75, 3.05) is 34.4 Å². The number of nitrogens with one attached hydrogen (secondary N) is 1. The van der Waals surface area contributed by atoms with E-state index in [1.165, 1.54) is 13.8 Å². The minimum absolute atomic E-state index is 0.0766. The van der Waals surface area contributed by atoms with Gasteiger partial charge in [0, 0.05) is 11.1 Å². The lowest BCUT2D eigenvalue weighted by Gasteiger charge is -2.33. The van der Waals surface area contributed by atoms with Gasteiger partial charge in [-0.05, 0) is 13.8 Å². The minimum Gasteiger partial charge on any atom is -0.480 e. The third kappa shape index (κ3) is 7.93. The molecule has 0 aromatic heterocycles. The summed E-state index contributed by atoms with van der Waals surface area (Å²) in [6.07, 6.45) is 0. The Balaban J connectivity index is 5.09. The first kappa shape index (κ1) is 23.3. The summed E-state index contributed by atoms with van der Waals surface area (Å²) in [5, 5.41) is 11.5. The predicted octanol–water partition coefficient (Wildman–Crippen LogP) is -0.131.